The van der Waals surface area contributed by atoms with E-state index in [1.807, 2.05) is 11.1 Å². The Labute approximate surface area is 56.9 Å². The summed E-state index contributed by atoms with van der Waals surface area (Å²) in [7, 11) is 0. The van der Waals surface area contributed by atoms with Gasteiger partial charge in [-0.3, -0.25) is 0 Å². The van der Waals surface area contributed by atoms with Gasteiger partial charge >= 0.3 is 56.4 Å². The third kappa shape index (κ3) is 6.22. The Balaban J connectivity index is 3.52. The molecule has 0 atom stereocenters. The molecule has 1 nitrogen and oxygen atoms in total. The van der Waals surface area contributed by atoms with Crippen molar-refractivity contribution in [3.05, 3.63) is 11.1 Å². The van der Waals surface area contributed by atoms with Gasteiger partial charge in [-0.25, -0.2) is 0 Å². The summed E-state index contributed by atoms with van der Waals surface area (Å²) in [5.41, 5.74) is -0.613. The van der Waals surface area contributed by atoms with E-state index in [2.05, 4.69) is 5.82 Å². The van der Waals surface area contributed by atoms with Gasteiger partial charge in [0.15, 0.2) is 0 Å². The van der Waals surface area contributed by atoms with Crippen molar-refractivity contribution in [1.29, 1.82) is 0 Å². The van der Waals surface area contributed by atoms with Gasteiger partial charge in [0.2, 0.25) is 0 Å². The topological polar surface area (TPSA) is 20.2 Å². The van der Waals surface area contributed by atoms with Gasteiger partial charge in [0.05, 0.1) is 0 Å². The zero-order valence-electron chi connectivity index (χ0n) is 5.51. The van der Waals surface area contributed by atoms with Crippen LogP contribution < -0.4 is 0 Å². The van der Waals surface area contributed by atoms with E-state index < -0.39 is 5.60 Å². The van der Waals surface area contributed by atoms with Crippen LogP contribution in [0, 0.1) is 0 Å². The van der Waals surface area contributed by atoms with Crippen LogP contribution in [0.1, 0.15) is 13.8 Å². The molecule has 0 spiro atoms. The Bertz CT molecular complexity index is 81.0. The van der Waals surface area contributed by atoms with Gasteiger partial charge in [-0.2, -0.15) is 0 Å². The molecule has 0 aromatic rings. The van der Waals surface area contributed by atoms with Crippen molar-refractivity contribution in [2.75, 3.05) is 0 Å². The maximum absolute atomic E-state index is 9.07. The van der Waals surface area contributed by atoms with E-state index in [1.54, 1.807) is 13.8 Å². The minimum absolute atomic E-state index is 0.542. The summed E-state index contributed by atoms with van der Waals surface area (Å²) in [4.78, 5) is 2.02. The molecule has 48 valence electrons. The zero-order valence-corrected chi connectivity index (χ0v) is 7.22. The van der Waals surface area contributed by atoms with Crippen molar-refractivity contribution in [2.45, 2.75) is 25.3 Å². The standard InChI is InChI=1S/C6H12OSe/c1-6(2,7)4-5-8-3/h4-5,7H,1-3H3/b5-4+. The van der Waals surface area contributed by atoms with Gasteiger partial charge in [0, 0.05) is 0 Å². The molecule has 0 aliphatic heterocycles. The van der Waals surface area contributed by atoms with Crippen LogP contribution in [0.15, 0.2) is 11.1 Å². The zero-order chi connectivity index (χ0) is 6.62. The normalized spacial score (nSPS) is 13.0. The quantitative estimate of drug-likeness (QED) is 0.627. The fraction of sp³-hybridized carbons (Fsp3) is 0.667. The third-order valence-corrected chi connectivity index (χ3v) is 1.47. The molecule has 0 bridgehead atoms. The summed E-state index contributed by atoms with van der Waals surface area (Å²) >= 11 is 0.542. The molecule has 0 aliphatic rings. The predicted molar refractivity (Wildman–Crippen MR) is 37.1 cm³/mol. The first-order valence-electron chi connectivity index (χ1n) is 2.49. The number of rotatable bonds is 2. The molecule has 0 saturated heterocycles. The van der Waals surface area contributed by atoms with Crippen LogP contribution in [0.25, 0.3) is 0 Å². The second kappa shape index (κ2) is 3.29. The summed E-state index contributed by atoms with van der Waals surface area (Å²) in [5, 5.41) is 9.07. The molecule has 0 radical (unpaired) electrons. The second-order valence-corrected chi connectivity index (χ2v) is 3.75. The molecule has 2 heteroatoms. The molecule has 0 rings (SSSR count). The summed E-state index contributed by atoms with van der Waals surface area (Å²) in [6.07, 6.45) is 1.83. The molecule has 0 aromatic heterocycles. The predicted octanol–water partition coefficient (Wildman–Crippen LogP) is 1.02. The van der Waals surface area contributed by atoms with E-state index in [4.69, 9.17) is 5.11 Å². The number of aliphatic hydroxyl groups is 1. The Hall–Kier alpha value is 0.219. The van der Waals surface area contributed by atoms with Crippen LogP contribution in [0.2, 0.25) is 5.82 Å². The first-order chi connectivity index (χ1) is 3.56. The SMILES string of the molecule is C[Se]/C=C/C(C)(C)O. The number of hydrogen-bond acceptors (Lipinski definition) is 1. The fourth-order valence-electron chi connectivity index (χ4n) is 0.235. The van der Waals surface area contributed by atoms with Crippen LogP contribution in [-0.2, 0) is 0 Å². The van der Waals surface area contributed by atoms with E-state index in [-0.39, 0.29) is 0 Å². The fourth-order valence-corrected chi connectivity index (χ4v) is 1.22. The van der Waals surface area contributed by atoms with Gasteiger partial charge in [-0.1, -0.05) is 0 Å². The maximum atomic E-state index is 9.07. The van der Waals surface area contributed by atoms with Crippen LogP contribution >= 0.6 is 0 Å². The molecule has 0 aliphatic carbocycles. The minimum atomic E-state index is -0.613. The Morgan fingerprint density at radius 1 is 1.50 bits per heavy atom. The molecule has 0 heterocycles. The van der Waals surface area contributed by atoms with E-state index in [0.29, 0.717) is 15.0 Å². The van der Waals surface area contributed by atoms with Crippen LogP contribution in [-0.4, -0.2) is 25.7 Å². The molecule has 0 aromatic carbocycles. The summed E-state index contributed by atoms with van der Waals surface area (Å²) in [6.45, 7) is 3.55. The molecule has 1 N–H and O–H groups in total. The molecular weight excluding hydrogens is 167 g/mol. The van der Waals surface area contributed by atoms with Crippen molar-refractivity contribution >= 4 is 15.0 Å². The first-order valence-corrected chi connectivity index (χ1v) is 5.19. The average Bonchev–Trinajstić information content (AvgIpc) is 1.59. The molecule has 0 unspecified atom stereocenters. The number of hydrogen-bond donors (Lipinski definition) is 1. The summed E-state index contributed by atoms with van der Waals surface area (Å²) < 4.78 is 0. The molecule has 0 fully saturated rings. The molecule has 0 amide bonds. The van der Waals surface area contributed by atoms with Gasteiger partial charge in [-0.05, 0) is 0 Å². The first kappa shape index (κ1) is 8.22. The van der Waals surface area contributed by atoms with Crippen molar-refractivity contribution in [1.82, 2.24) is 0 Å². The summed E-state index contributed by atoms with van der Waals surface area (Å²) in [5.74, 6) is 2.11. The van der Waals surface area contributed by atoms with Crippen molar-refractivity contribution in [2.24, 2.45) is 0 Å². The van der Waals surface area contributed by atoms with Crippen molar-refractivity contribution in [3.63, 3.8) is 0 Å². The van der Waals surface area contributed by atoms with Crippen LogP contribution in [0.4, 0.5) is 0 Å². The van der Waals surface area contributed by atoms with Gasteiger partial charge in [0.1, 0.15) is 0 Å². The van der Waals surface area contributed by atoms with E-state index in [0.717, 1.165) is 0 Å². The van der Waals surface area contributed by atoms with E-state index in [1.165, 1.54) is 0 Å². The van der Waals surface area contributed by atoms with Crippen LogP contribution in [0.3, 0.4) is 0 Å². The molecule has 8 heavy (non-hydrogen) atoms. The van der Waals surface area contributed by atoms with E-state index in [9.17, 15) is 0 Å². The monoisotopic (exact) mass is 180 g/mol. The van der Waals surface area contributed by atoms with Gasteiger partial charge in [-0.15, -0.1) is 0 Å². The molecule has 0 saturated carbocycles. The van der Waals surface area contributed by atoms with E-state index >= 15 is 0 Å². The molecular formula is C6H12OSe. The average molecular weight is 179 g/mol. The Morgan fingerprint density at radius 2 is 2.00 bits per heavy atom. The van der Waals surface area contributed by atoms with Gasteiger partial charge in [0.25, 0.3) is 0 Å². The third-order valence-electron chi connectivity index (χ3n) is 0.612. The summed E-state index contributed by atoms with van der Waals surface area (Å²) in [6, 6.07) is 0. The van der Waals surface area contributed by atoms with Crippen molar-refractivity contribution < 1.29 is 5.11 Å². The Morgan fingerprint density at radius 3 is 2.12 bits per heavy atom. The van der Waals surface area contributed by atoms with Gasteiger partial charge < -0.3 is 0 Å². The van der Waals surface area contributed by atoms with Crippen molar-refractivity contribution in [3.8, 4) is 0 Å². The Kier molecular flexibility index (Phi) is 3.38. The second-order valence-electron chi connectivity index (χ2n) is 2.19. The van der Waals surface area contributed by atoms with Crippen LogP contribution in [0.5, 0.6) is 0 Å².